The Bertz CT molecular complexity index is 941. The van der Waals surface area contributed by atoms with E-state index in [0.717, 1.165) is 11.8 Å². The fraction of sp³-hybridized carbons (Fsp3) is 0.316. The summed E-state index contributed by atoms with van der Waals surface area (Å²) in [5.41, 5.74) is 2.31. The van der Waals surface area contributed by atoms with Gasteiger partial charge in [0.15, 0.2) is 0 Å². The molecule has 0 saturated heterocycles. The summed E-state index contributed by atoms with van der Waals surface area (Å²) in [6.45, 7) is 3.58. The summed E-state index contributed by atoms with van der Waals surface area (Å²) in [7, 11) is -0.239. The third kappa shape index (κ3) is 5.37. The molecule has 146 valence electrons. The van der Waals surface area contributed by atoms with E-state index in [9.17, 15) is 13.2 Å². The van der Waals surface area contributed by atoms with E-state index in [-0.39, 0.29) is 11.9 Å². The molecule has 0 fully saturated rings. The fourth-order valence-corrected chi connectivity index (χ4v) is 3.28. The summed E-state index contributed by atoms with van der Waals surface area (Å²) in [6.07, 6.45) is 1.08. The van der Waals surface area contributed by atoms with E-state index in [1.807, 2.05) is 13.0 Å². The van der Waals surface area contributed by atoms with Crippen molar-refractivity contribution in [2.24, 2.45) is 0 Å². The zero-order valence-electron chi connectivity index (χ0n) is 16.0. The molecule has 1 amide bonds. The molecular formula is C19H24N2O5S. The van der Waals surface area contributed by atoms with Crippen molar-refractivity contribution in [2.45, 2.75) is 19.9 Å². The number of hydrogen-bond acceptors (Lipinski definition) is 5. The van der Waals surface area contributed by atoms with Gasteiger partial charge in [0, 0.05) is 11.1 Å². The number of methoxy groups -OCH3 is 2. The predicted molar refractivity (Wildman–Crippen MR) is 105 cm³/mol. The molecule has 0 aliphatic heterocycles. The Morgan fingerprint density at radius 3 is 2.33 bits per heavy atom. The number of anilines is 1. The van der Waals surface area contributed by atoms with Crippen molar-refractivity contribution in [1.29, 1.82) is 0 Å². The van der Waals surface area contributed by atoms with Gasteiger partial charge in [-0.1, -0.05) is 0 Å². The van der Waals surface area contributed by atoms with Crippen molar-refractivity contribution < 1.29 is 22.7 Å². The number of hydrogen-bond donors (Lipinski definition) is 2. The number of amides is 1. The van der Waals surface area contributed by atoms with Gasteiger partial charge in [-0.25, -0.2) is 8.42 Å². The SMILES string of the molecule is COc1ccc(OC)c([C@H](C)NC(=O)c2ccc(NS(C)(=O)=O)c(C)c2)c1. The molecule has 0 aliphatic rings. The molecule has 0 saturated carbocycles. The van der Waals surface area contributed by atoms with Crippen LogP contribution in [0.5, 0.6) is 11.5 Å². The predicted octanol–water partition coefficient (Wildman–Crippen LogP) is 2.87. The largest absolute Gasteiger partial charge is 0.497 e. The number of aryl methyl sites for hydroxylation is 1. The van der Waals surface area contributed by atoms with Gasteiger partial charge >= 0.3 is 0 Å². The monoisotopic (exact) mass is 392 g/mol. The molecule has 8 heteroatoms. The molecule has 0 aliphatic carbocycles. The van der Waals surface area contributed by atoms with Gasteiger partial charge in [-0.2, -0.15) is 0 Å². The molecule has 0 unspecified atom stereocenters. The van der Waals surface area contributed by atoms with E-state index in [1.54, 1.807) is 51.5 Å². The molecular weight excluding hydrogens is 368 g/mol. The highest BCUT2D eigenvalue weighted by molar-refractivity contribution is 7.92. The van der Waals surface area contributed by atoms with E-state index in [4.69, 9.17) is 9.47 Å². The molecule has 7 nitrogen and oxygen atoms in total. The zero-order chi connectivity index (χ0) is 20.2. The normalized spacial score (nSPS) is 12.2. The topological polar surface area (TPSA) is 93.7 Å². The van der Waals surface area contributed by atoms with Crippen LogP contribution < -0.4 is 19.5 Å². The number of rotatable bonds is 7. The average molecular weight is 392 g/mol. The van der Waals surface area contributed by atoms with Crippen LogP contribution in [0.25, 0.3) is 0 Å². The Balaban J connectivity index is 2.21. The summed E-state index contributed by atoms with van der Waals surface area (Å²) in [4.78, 5) is 12.6. The van der Waals surface area contributed by atoms with Crippen molar-refractivity contribution in [3.63, 3.8) is 0 Å². The van der Waals surface area contributed by atoms with E-state index >= 15 is 0 Å². The molecule has 2 aromatic carbocycles. The summed E-state index contributed by atoms with van der Waals surface area (Å²) < 4.78 is 35.8. The molecule has 0 heterocycles. The summed E-state index contributed by atoms with van der Waals surface area (Å²) in [5.74, 6) is 1.04. The van der Waals surface area contributed by atoms with Gasteiger partial charge in [-0.15, -0.1) is 0 Å². The number of nitrogens with one attached hydrogen (secondary N) is 2. The van der Waals surface area contributed by atoms with Crippen molar-refractivity contribution in [1.82, 2.24) is 5.32 Å². The highest BCUT2D eigenvalue weighted by Crippen LogP contribution is 2.29. The van der Waals surface area contributed by atoms with Crippen LogP contribution in [0.15, 0.2) is 36.4 Å². The molecule has 0 radical (unpaired) electrons. The van der Waals surface area contributed by atoms with Gasteiger partial charge in [-0.05, 0) is 55.8 Å². The van der Waals surface area contributed by atoms with Crippen LogP contribution in [-0.4, -0.2) is 34.8 Å². The van der Waals surface area contributed by atoms with Crippen LogP contribution in [0.1, 0.15) is 34.5 Å². The first-order valence-corrected chi connectivity index (χ1v) is 10.1. The lowest BCUT2D eigenvalue weighted by Gasteiger charge is -2.18. The van der Waals surface area contributed by atoms with E-state index in [1.165, 1.54) is 0 Å². The van der Waals surface area contributed by atoms with Crippen LogP contribution in [0.4, 0.5) is 5.69 Å². The smallest absolute Gasteiger partial charge is 0.251 e. The minimum Gasteiger partial charge on any atom is -0.497 e. The van der Waals surface area contributed by atoms with Gasteiger partial charge in [0.2, 0.25) is 10.0 Å². The third-order valence-electron chi connectivity index (χ3n) is 4.03. The number of carbonyl (C=O) groups is 1. The summed E-state index contributed by atoms with van der Waals surface area (Å²) in [6, 6.07) is 9.84. The van der Waals surface area contributed by atoms with Gasteiger partial charge < -0.3 is 14.8 Å². The Labute approximate surface area is 159 Å². The maximum absolute atomic E-state index is 12.6. The molecule has 0 bridgehead atoms. The second-order valence-electron chi connectivity index (χ2n) is 6.21. The number of ether oxygens (including phenoxy) is 2. The lowest BCUT2D eigenvalue weighted by Crippen LogP contribution is -2.27. The number of benzene rings is 2. The lowest BCUT2D eigenvalue weighted by molar-refractivity contribution is 0.0939. The highest BCUT2D eigenvalue weighted by atomic mass is 32.2. The van der Waals surface area contributed by atoms with Crippen LogP contribution in [0, 0.1) is 6.92 Å². The Kier molecular flexibility index (Phi) is 6.32. The minimum absolute atomic E-state index is 0.277. The second-order valence-corrected chi connectivity index (χ2v) is 7.96. The van der Waals surface area contributed by atoms with Crippen LogP contribution in [0.3, 0.4) is 0 Å². The fourth-order valence-electron chi connectivity index (χ4n) is 2.65. The van der Waals surface area contributed by atoms with Crippen LogP contribution in [-0.2, 0) is 10.0 Å². The van der Waals surface area contributed by atoms with Gasteiger partial charge in [-0.3, -0.25) is 9.52 Å². The first kappa shape index (κ1) is 20.6. The molecule has 2 aromatic rings. The maximum atomic E-state index is 12.6. The highest BCUT2D eigenvalue weighted by Gasteiger charge is 2.17. The number of sulfonamides is 1. The first-order chi connectivity index (χ1) is 12.6. The van der Waals surface area contributed by atoms with Crippen molar-refractivity contribution in [2.75, 3.05) is 25.2 Å². The van der Waals surface area contributed by atoms with E-state index in [2.05, 4.69) is 10.0 Å². The Morgan fingerprint density at radius 1 is 1.07 bits per heavy atom. The zero-order valence-corrected chi connectivity index (χ0v) is 16.8. The average Bonchev–Trinajstić information content (AvgIpc) is 2.61. The Hall–Kier alpha value is -2.74. The van der Waals surface area contributed by atoms with Gasteiger partial charge in [0.05, 0.1) is 32.2 Å². The van der Waals surface area contributed by atoms with Crippen LogP contribution in [0.2, 0.25) is 0 Å². The van der Waals surface area contributed by atoms with E-state index < -0.39 is 10.0 Å². The van der Waals surface area contributed by atoms with Gasteiger partial charge in [0.1, 0.15) is 11.5 Å². The third-order valence-corrected chi connectivity index (χ3v) is 4.63. The van der Waals surface area contributed by atoms with Crippen molar-refractivity contribution >= 4 is 21.6 Å². The lowest BCUT2D eigenvalue weighted by atomic mass is 10.0. The minimum atomic E-state index is -3.38. The standard InChI is InChI=1S/C19H24N2O5S/c1-12-10-14(6-8-17(12)21-27(5,23)24)19(22)20-13(2)16-11-15(25-3)7-9-18(16)26-4/h6-11,13,21H,1-5H3,(H,20,22)/t13-/m0/s1. The molecule has 27 heavy (non-hydrogen) atoms. The summed E-state index contributed by atoms with van der Waals surface area (Å²) >= 11 is 0. The van der Waals surface area contributed by atoms with Gasteiger partial charge in [0.25, 0.3) is 5.91 Å². The van der Waals surface area contributed by atoms with Crippen molar-refractivity contribution in [3.8, 4) is 11.5 Å². The molecule has 2 N–H and O–H groups in total. The van der Waals surface area contributed by atoms with E-state index in [0.29, 0.717) is 28.3 Å². The molecule has 2 rings (SSSR count). The first-order valence-electron chi connectivity index (χ1n) is 8.26. The van der Waals surface area contributed by atoms with Crippen LogP contribution >= 0.6 is 0 Å². The molecule has 0 aromatic heterocycles. The van der Waals surface area contributed by atoms with Crippen molar-refractivity contribution in [3.05, 3.63) is 53.1 Å². The quantitative estimate of drug-likeness (QED) is 0.756. The maximum Gasteiger partial charge on any atom is 0.251 e. The molecule has 0 spiro atoms. The second kappa shape index (κ2) is 8.30. The Morgan fingerprint density at radius 2 is 1.78 bits per heavy atom. The summed E-state index contributed by atoms with van der Waals surface area (Å²) in [5, 5.41) is 2.92. The molecule has 1 atom stereocenters. The number of carbonyl (C=O) groups excluding carboxylic acids is 1.